The van der Waals surface area contributed by atoms with Crippen molar-refractivity contribution in [1.82, 2.24) is 14.9 Å². The molecule has 124 valence electrons. The summed E-state index contributed by atoms with van der Waals surface area (Å²) in [6, 6.07) is 9.59. The van der Waals surface area contributed by atoms with Crippen LogP contribution in [0.3, 0.4) is 0 Å². The maximum Gasteiger partial charge on any atom is 0.274 e. The van der Waals surface area contributed by atoms with Crippen molar-refractivity contribution < 1.29 is 10.0 Å². The number of likely N-dealkylation sites (N-methyl/N-ethyl adjacent to an activating group) is 1. The first-order valence-electron chi connectivity index (χ1n) is 7.96. The van der Waals surface area contributed by atoms with Gasteiger partial charge >= 0.3 is 0 Å². The average Bonchev–Trinajstić information content (AvgIpc) is 3.18. The fraction of sp³-hybridized carbons (Fsp3) is 0.278. The molecule has 1 amide bonds. The maximum absolute atomic E-state index is 11.4. The second-order valence-corrected chi connectivity index (χ2v) is 7.19. The van der Waals surface area contributed by atoms with Crippen molar-refractivity contribution >= 4 is 27.5 Å². The van der Waals surface area contributed by atoms with Gasteiger partial charge in [0.2, 0.25) is 0 Å². The summed E-state index contributed by atoms with van der Waals surface area (Å²) in [6.45, 7) is 2.89. The third-order valence-corrected chi connectivity index (χ3v) is 5.66. The number of nitrogens with zero attached hydrogens (tertiary/aromatic N) is 2. The van der Waals surface area contributed by atoms with Gasteiger partial charge in [-0.3, -0.25) is 10.0 Å². The zero-order valence-electron chi connectivity index (χ0n) is 13.5. The Labute approximate surface area is 144 Å². The summed E-state index contributed by atoms with van der Waals surface area (Å²) >= 11 is 1.82. The number of aromatic nitrogens is 1. The molecule has 4 rings (SSSR count). The molecule has 0 radical (unpaired) electrons. The molecule has 2 N–H and O–H groups in total. The van der Waals surface area contributed by atoms with E-state index < -0.39 is 5.91 Å². The van der Waals surface area contributed by atoms with E-state index in [1.807, 2.05) is 23.5 Å². The first-order chi connectivity index (χ1) is 11.7. The number of carbonyl (C=O) groups excluding carboxylic acids is 1. The van der Waals surface area contributed by atoms with E-state index in [1.54, 1.807) is 17.6 Å². The molecule has 0 aliphatic carbocycles. The van der Waals surface area contributed by atoms with Crippen LogP contribution in [0, 0.1) is 0 Å². The quantitative estimate of drug-likeness (QED) is 0.569. The number of nitrogens with one attached hydrogen (secondary N) is 1. The molecule has 24 heavy (non-hydrogen) atoms. The van der Waals surface area contributed by atoms with Crippen LogP contribution >= 0.6 is 11.3 Å². The zero-order valence-corrected chi connectivity index (χ0v) is 14.3. The molecule has 1 aromatic carbocycles. The molecule has 3 aromatic rings. The molecule has 3 heterocycles. The fourth-order valence-corrected chi connectivity index (χ4v) is 4.42. The van der Waals surface area contributed by atoms with Gasteiger partial charge in [-0.1, -0.05) is 12.1 Å². The molecule has 0 spiro atoms. The van der Waals surface area contributed by atoms with E-state index in [0.717, 1.165) is 31.6 Å². The molecule has 0 saturated carbocycles. The molecule has 6 heteroatoms. The summed E-state index contributed by atoms with van der Waals surface area (Å²) in [5.74, 6) is -0.483. The lowest BCUT2D eigenvalue weighted by Gasteiger charge is -2.24. The minimum absolute atomic E-state index is 0.457. The Hall–Kier alpha value is -2.15. The van der Waals surface area contributed by atoms with Crippen LogP contribution in [0.15, 0.2) is 35.7 Å². The predicted molar refractivity (Wildman–Crippen MR) is 94.6 cm³/mol. The van der Waals surface area contributed by atoms with Gasteiger partial charge in [0.05, 0.1) is 10.2 Å². The van der Waals surface area contributed by atoms with Gasteiger partial charge in [0.15, 0.2) is 0 Å². The average molecular weight is 341 g/mol. The third kappa shape index (κ3) is 2.53. The second-order valence-electron chi connectivity index (χ2n) is 6.27. The summed E-state index contributed by atoms with van der Waals surface area (Å²) in [6.07, 6.45) is 1.07. The molecular weight excluding hydrogens is 322 g/mol. The lowest BCUT2D eigenvalue weighted by atomic mass is 10.1. The number of rotatable bonds is 3. The first kappa shape index (κ1) is 15.4. The number of benzene rings is 1. The Morgan fingerprint density at radius 3 is 2.83 bits per heavy atom. The molecule has 0 unspecified atom stereocenters. The Bertz CT molecular complexity index is 895. The zero-order chi connectivity index (χ0) is 16.7. The van der Waals surface area contributed by atoms with Crippen LogP contribution in [0.4, 0.5) is 0 Å². The predicted octanol–water partition coefficient (Wildman–Crippen LogP) is 2.86. The number of amides is 1. The highest BCUT2D eigenvalue weighted by molar-refractivity contribution is 7.17. The summed E-state index contributed by atoms with van der Waals surface area (Å²) in [5, 5.41) is 10.9. The van der Waals surface area contributed by atoms with Gasteiger partial charge in [-0.15, -0.1) is 11.3 Å². The maximum atomic E-state index is 11.4. The number of hydrogen-bond acceptors (Lipinski definition) is 4. The van der Waals surface area contributed by atoms with Gasteiger partial charge in [-0.25, -0.2) is 5.48 Å². The minimum Gasteiger partial charge on any atom is -0.339 e. The van der Waals surface area contributed by atoms with Crippen molar-refractivity contribution in [2.75, 3.05) is 13.6 Å². The van der Waals surface area contributed by atoms with Gasteiger partial charge in [0.1, 0.15) is 0 Å². The van der Waals surface area contributed by atoms with Crippen molar-refractivity contribution in [3.63, 3.8) is 0 Å². The second kappa shape index (κ2) is 6.05. The van der Waals surface area contributed by atoms with Gasteiger partial charge in [-0.05, 0) is 36.2 Å². The topological polar surface area (TPSA) is 57.5 Å². The lowest BCUT2D eigenvalue weighted by Crippen LogP contribution is -2.27. The number of hydroxylamine groups is 1. The van der Waals surface area contributed by atoms with Crippen molar-refractivity contribution in [1.29, 1.82) is 0 Å². The summed E-state index contributed by atoms with van der Waals surface area (Å²) < 4.78 is 3.81. The van der Waals surface area contributed by atoms with Crippen LogP contribution in [0.2, 0.25) is 0 Å². The molecule has 1 aliphatic rings. The SMILES string of the molecule is CN1CCc2c(c3sccc3n2Cc2ccc(C(=O)NO)cc2)C1. The highest BCUT2D eigenvalue weighted by atomic mass is 32.1. The third-order valence-electron chi connectivity index (χ3n) is 4.70. The summed E-state index contributed by atoms with van der Waals surface area (Å²) in [4.78, 5) is 13.8. The number of fused-ring (bicyclic) bond motifs is 3. The van der Waals surface area contributed by atoms with Crippen molar-refractivity contribution in [2.45, 2.75) is 19.5 Å². The monoisotopic (exact) mass is 341 g/mol. The Morgan fingerprint density at radius 2 is 2.08 bits per heavy atom. The van der Waals surface area contributed by atoms with E-state index in [-0.39, 0.29) is 0 Å². The molecule has 0 atom stereocenters. The van der Waals surface area contributed by atoms with E-state index in [0.29, 0.717) is 5.56 Å². The molecule has 5 nitrogen and oxygen atoms in total. The highest BCUT2D eigenvalue weighted by Crippen LogP contribution is 2.34. The Kier molecular flexibility index (Phi) is 3.88. The van der Waals surface area contributed by atoms with Crippen LogP contribution in [0.25, 0.3) is 10.2 Å². The van der Waals surface area contributed by atoms with E-state index in [4.69, 9.17) is 5.21 Å². The Morgan fingerprint density at radius 1 is 1.29 bits per heavy atom. The smallest absolute Gasteiger partial charge is 0.274 e. The van der Waals surface area contributed by atoms with Gasteiger partial charge in [0.25, 0.3) is 5.91 Å². The van der Waals surface area contributed by atoms with E-state index in [9.17, 15) is 4.79 Å². The van der Waals surface area contributed by atoms with Crippen LogP contribution in [0.1, 0.15) is 27.2 Å². The van der Waals surface area contributed by atoms with E-state index in [1.165, 1.54) is 21.5 Å². The minimum atomic E-state index is -0.483. The molecule has 2 aromatic heterocycles. The van der Waals surface area contributed by atoms with Crippen molar-refractivity contribution in [3.8, 4) is 0 Å². The number of carbonyl (C=O) groups is 1. The van der Waals surface area contributed by atoms with Crippen molar-refractivity contribution in [3.05, 3.63) is 58.1 Å². The molecule has 1 aliphatic heterocycles. The van der Waals surface area contributed by atoms with Gasteiger partial charge < -0.3 is 9.47 Å². The molecular formula is C18H19N3O2S. The van der Waals surface area contributed by atoms with Crippen LogP contribution in [0.5, 0.6) is 0 Å². The normalized spacial score (nSPS) is 14.8. The van der Waals surface area contributed by atoms with Crippen LogP contribution in [-0.4, -0.2) is 34.2 Å². The first-order valence-corrected chi connectivity index (χ1v) is 8.84. The standard InChI is InChI=1S/C18H19N3O2S/c1-20-8-6-15-14(11-20)17-16(7-9-24-17)21(15)10-12-2-4-13(5-3-12)18(22)19-23/h2-5,7,9,23H,6,8,10-11H2,1H3,(H,19,22). The number of hydrogen-bond donors (Lipinski definition) is 2. The summed E-state index contributed by atoms with van der Waals surface area (Å²) in [5.41, 5.74) is 7.47. The fourth-order valence-electron chi connectivity index (χ4n) is 3.46. The molecule has 0 bridgehead atoms. The highest BCUT2D eigenvalue weighted by Gasteiger charge is 2.23. The molecule has 0 saturated heterocycles. The molecule has 0 fully saturated rings. The van der Waals surface area contributed by atoms with Crippen LogP contribution in [-0.2, 0) is 19.5 Å². The van der Waals surface area contributed by atoms with Crippen molar-refractivity contribution in [2.24, 2.45) is 0 Å². The van der Waals surface area contributed by atoms with E-state index >= 15 is 0 Å². The largest absolute Gasteiger partial charge is 0.339 e. The van der Waals surface area contributed by atoms with E-state index in [2.05, 4.69) is 28.0 Å². The lowest BCUT2D eigenvalue weighted by molar-refractivity contribution is 0.0706. The van der Waals surface area contributed by atoms with Gasteiger partial charge in [-0.2, -0.15) is 0 Å². The Balaban J connectivity index is 1.70. The van der Waals surface area contributed by atoms with Gasteiger partial charge in [0, 0.05) is 42.9 Å². The van der Waals surface area contributed by atoms with Crippen LogP contribution < -0.4 is 5.48 Å². The number of thiophene rings is 1. The summed E-state index contributed by atoms with van der Waals surface area (Å²) in [7, 11) is 2.17.